The third-order valence-electron chi connectivity index (χ3n) is 2.63. The van der Waals surface area contributed by atoms with Crippen molar-refractivity contribution in [3.63, 3.8) is 0 Å². The van der Waals surface area contributed by atoms with Crippen LogP contribution in [0.3, 0.4) is 0 Å². The first-order valence-corrected chi connectivity index (χ1v) is 5.88. The number of ether oxygens (including phenoxy) is 2. The molecule has 0 bridgehead atoms. The molecule has 0 unspecified atom stereocenters. The van der Waals surface area contributed by atoms with E-state index in [2.05, 4.69) is 0 Å². The summed E-state index contributed by atoms with van der Waals surface area (Å²) >= 11 is 0. The van der Waals surface area contributed by atoms with Crippen LogP contribution in [0.4, 0.5) is 0 Å². The number of para-hydroxylation sites is 1. The van der Waals surface area contributed by atoms with Gasteiger partial charge in [0, 0.05) is 12.0 Å². The fraction of sp³-hybridized carbons (Fsp3) is 0.357. The highest BCUT2D eigenvalue weighted by Gasteiger charge is 2.13. The van der Waals surface area contributed by atoms with Gasteiger partial charge in [-0.25, -0.2) is 0 Å². The Morgan fingerprint density at radius 2 is 2.12 bits per heavy atom. The molecule has 3 heteroatoms. The maximum absolute atomic E-state index is 11.8. The van der Waals surface area contributed by atoms with Gasteiger partial charge in [-0.15, -0.1) is 0 Å². The van der Waals surface area contributed by atoms with E-state index in [1.165, 1.54) is 0 Å². The van der Waals surface area contributed by atoms with Crippen molar-refractivity contribution in [2.75, 3.05) is 13.2 Å². The first kappa shape index (κ1) is 11.7. The lowest BCUT2D eigenvalue weighted by molar-refractivity contribution is -0.116. The highest BCUT2D eigenvalue weighted by molar-refractivity contribution is 5.95. The Bertz CT molecular complexity index is 395. The summed E-state index contributed by atoms with van der Waals surface area (Å²) in [6.45, 7) is 1.14. The summed E-state index contributed by atoms with van der Waals surface area (Å²) in [5.41, 5.74) is 0.785. The minimum Gasteiger partial charge on any atom is -0.501 e. The molecule has 17 heavy (non-hydrogen) atoms. The van der Waals surface area contributed by atoms with Crippen LogP contribution in [0.25, 0.3) is 0 Å². The van der Waals surface area contributed by atoms with Crippen molar-refractivity contribution in [1.29, 1.82) is 0 Å². The van der Waals surface area contributed by atoms with Crippen molar-refractivity contribution in [2.24, 2.45) is 0 Å². The molecule has 0 saturated carbocycles. The minimum absolute atomic E-state index is 0.126. The molecule has 0 saturated heterocycles. The average molecular weight is 232 g/mol. The van der Waals surface area contributed by atoms with Crippen LogP contribution in [-0.4, -0.2) is 19.0 Å². The van der Waals surface area contributed by atoms with E-state index in [4.69, 9.17) is 9.47 Å². The lowest BCUT2D eigenvalue weighted by atomic mass is 10.0. The highest BCUT2D eigenvalue weighted by atomic mass is 16.5. The standard InChI is InChI=1S/C14H16O3/c15-14(12-5-4-9-16-11-12)8-10-17-13-6-2-1-3-7-13/h1-3,6-7,11H,4-5,8-10H2. The molecule has 90 valence electrons. The van der Waals surface area contributed by atoms with Gasteiger partial charge in [-0.1, -0.05) is 18.2 Å². The van der Waals surface area contributed by atoms with E-state index in [0.29, 0.717) is 13.0 Å². The smallest absolute Gasteiger partial charge is 0.165 e. The summed E-state index contributed by atoms with van der Waals surface area (Å²) in [4.78, 5) is 11.8. The second-order valence-corrected chi connectivity index (χ2v) is 3.95. The Morgan fingerprint density at radius 3 is 2.82 bits per heavy atom. The van der Waals surface area contributed by atoms with Crippen molar-refractivity contribution in [3.05, 3.63) is 42.2 Å². The number of carbonyl (C=O) groups is 1. The molecule has 0 atom stereocenters. The third kappa shape index (κ3) is 3.63. The molecule has 2 rings (SSSR count). The number of hydrogen-bond acceptors (Lipinski definition) is 3. The largest absolute Gasteiger partial charge is 0.501 e. The van der Waals surface area contributed by atoms with E-state index in [0.717, 1.165) is 30.8 Å². The Kier molecular flexibility index (Phi) is 4.19. The zero-order valence-electron chi connectivity index (χ0n) is 9.72. The molecule has 3 nitrogen and oxygen atoms in total. The summed E-state index contributed by atoms with van der Waals surface area (Å²) in [6.07, 6.45) is 3.75. The number of hydrogen-bond donors (Lipinski definition) is 0. The van der Waals surface area contributed by atoms with Gasteiger partial charge in [0.15, 0.2) is 5.78 Å². The normalized spacial score (nSPS) is 14.7. The molecule has 1 aliphatic heterocycles. The zero-order chi connectivity index (χ0) is 11.9. The van der Waals surface area contributed by atoms with Gasteiger partial charge in [0.25, 0.3) is 0 Å². The topological polar surface area (TPSA) is 35.5 Å². The van der Waals surface area contributed by atoms with Crippen LogP contribution in [0, 0.1) is 0 Å². The number of Topliss-reactive ketones (excluding diaryl/α,β-unsaturated/α-hetero) is 1. The summed E-state index contributed by atoms with van der Waals surface area (Å²) in [7, 11) is 0. The molecule has 0 N–H and O–H groups in total. The number of ketones is 1. The molecule has 1 heterocycles. The average Bonchev–Trinajstić information content (AvgIpc) is 2.41. The first-order chi connectivity index (χ1) is 8.36. The Labute approximate surface area is 101 Å². The molecule has 0 aliphatic carbocycles. The van der Waals surface area contributed by atoms with Crippen molar-refractivity contribution >= 4 is 5.78 Å². The van der Waals surface area contributed by atoms with Crippen LogP contribution in [0.5, 0.6) is 5.75 Å². The lowest BCUT2D eigenvalue weighted by Crippen LogP contribution is -2.12. The fourth-order valence-electron chi connectivity index (χ4n) is 1.71. The van der Waals surface area contributed by atoms with Gasteiger partial charge in [-0.05, 0) is 25.0 Å². The lowest BCUT2D eigenvalue weighted by Gasteiger charge is -2.12. The summed E-state index contributed by atoms with van der Waals surface area (Å²) in [6, 6.07) is 9.52. The molecule has 0 radical (unpaired) electrons. The van der Waals surface area contributed by atoms with E-state index < -0.39 is 0 Å². The van der Waals surface area contributed by atoms with Crippen LogP contribution in [0.15, 0.2) is 42.2 Å². The monoisotopic (exact) mass is 232 g/mol. The second-order valence-electron chi connectivity index (χ2n) is 3.95. The second kappa shape index (κ2) is 6.09. The van der Waals surface area contributed by atoms with Gasteiger partial charge < -0.3 is 9.47 Å². The first-order valence-electron chi connectivity index (χ1n) is 5.88. The minimum atomic E-state index is 0.126. The summed E-state index contributed by atoms with van der Waals surface area (Å²) in [5.74, 6) is 0.926. The van der Waals surface area contributed by atoms with Crippen molar-refractivity contribution in [3.8, 4) is 5.75 Å². The molecular weight excluding hydrogens is 216 g/mol. The Balaban J connectivity index is 1.75. The Morgan fingerprint density at radius 1 is 1.29 bits per heavy atom. The van der Waals surface area contributed by atoms with Crippen LogP contribution >= 0.6 is 0 Å². The molecule has 0 amide bonds. The van der Waals surface area contributed by atoms with Crippen molar-refractivity contribution in [2.45, 2.75) is 19.3 Å². The maximum Gasteiger partial charge on any atom is 0.165 e. The van der Waals surface area contributed by atoms with E-state index in [-0.39, 0.29) is 5.78 Å². The zero-order valence-corrected chi connectivity index (χ0v) is 9.72. The predicted octanol–water partition coefficient (Wildman–Crippen LogP) is 2.72. The molecule has 1 aliphatic rings. The fourth-order valence-corrected chi connectivity index (χ4v) is 1.71. The summed E-state index contributed by atoms with van der Waals surface area (Å²) < 4.78 is 10.6. The van der Waals surface area contributed by atoms with E-state index in [1.807, 2.05) is 30.3 Å². The van der Waals surface area contributed by atoms with Gasteiger partial charge in [0.1, 0.15) is 5.75 Å². The van der Waals surface area contributed by atoms with Crippen LogP contribution in [-0.2, 0) is 9.53 Å². The highest BCUT2D eigenvalue weighted by Crippen LogP contribution is 2.15. The van der Waals surface area contributed by atoms with Crippen LogP contribution < -0.4 is 4.74 Å². The van der Waals surface area contributed by atoms with Gasteiger partial charge >= 0.3 is 0 Å². The maximum atomic E-state index is 11.8. The molecule has 0 fully saturated rings. The van der Waals surface area contributed by atoms with E-state index in [9.17, 15) is 4.79 Å². The summed E-state index contributed by atoms with van der Waals surface area (Å²) in [5, 5.41) is 0. The van der Waals surface area contributed by atoms with Gasteiger partial charge in [0.05, 0.1) is 19.5 Å². The Hall–Kier alpha value is -1.77. The van der Waals surface area contributed by atoms with Crippen LogP contribution in [0.2, 0.25) is 0 Å². The van der Waals surface area contributed by atoms with Gasteiger partial charge in [-0.3, -0.25) is 4.79 Å². The van der Waals surface area contributed by atoms with Gasteiger partial charge in [0.2, 0.25) is 0 Å². The third-order valence-corrected chi connectivity index (χ3v) is 2.63. The number of benzene rings is 1. The van der Waals surface area contributed by atoms with E-state index >= 15 is 0 Å². The number of carbonyl (C=O) groups excluding carboxylic acids is 1. The number of rotatable bonds is 5. The molecule has 1 aromatic carbocycles. The molecule has 1 aromatic rings. The molecular formula is C14H16O3. The molecule has 0 aromatic heterocycles. The van der Waals surface area contributed by atoms with Crippen molar-refractivity contribution in [1.82, 2.24) is 0 Å². The quantitative estimate of drug-likeness (QED) is 0.783. The van der Waals surface area contributed by atoms with Gasteiger partial charge in [-0.2, -0.15) is 0 Å². The SMILES string of the molecule is O=C(CCOc1ccccc1)C1=COCCC1. The number of allylic oxidation sites excluding steroid dienone is 1. The predicted molar refractivity (Wildman–Crippen MR) is 64.8 cm³/mol. The van der Waals surface area contributed by atoms with Crippen LogP contribution in [0.1, 0.15) is 19.3 Å². The van der Waals surface area contributed by atoms with E-state index in [1.54, 1.807) is 6.26 Å². The van der Waals surface area contributed by atoms with Crippen molar-refractivity contribution < 1.29 is 14.3 Å². The molecule has 0 spiro atoms.